The molecular formula is C18H18Cl2N2O. The third-order valence-electron chi connectivity index (χ3n) is 4.13. The molecule has 0 radical (unpaired) electrons. The molecule has 2 aromatic rings. The average Bonchev–Trinajstić information content (AvgIpc) is 3.10. The van der Waals surface area contributed by atoms with Gasteiger partial charge in [-0.2, -0.15) is 0 Å². The van der Waals surface area contributed by atoms with Crippen LogP contribution in [-0.2, 0) is 4.79 Å². The van der Waals surface area contributed by atoms with Gasteiger partial charge < -0.3 is 10.6 Å². The van der Waals surface area contributed by atoms with Crippen molar-refractivity contribution in [2.24, 2.45) is 5.92 Å². The second kappa shape index (κ2) is 7.35. The molecule has 2 atom stereocenters. The van der Waals surface area contributed by atoms with Crippen LogP contribution < -0.4 is 10.6 Å². The van der Waals surface area contributed by atoms with E-state index in [0.717, 1.165) is 30.6 Å². The molecule has 5 heteroatoms. The summed E-state index contributed by atoms with van der Waals surface area (Å²) in [6.07, 6.45) is 0.870. The van der Waals surface area contributed by atoms with Gasteiger partial charge in [-0.05, 0) is 36.2 Å². The molecule has 120 valence electrons. The number of benzene rings is 2. The van der Waals surface area contributed by atoms with Crippen molar-refractivity contribution in [1.29, 1.82) is 0 Å². The van der Waals surface area contributed by atoms with Crippen LogP contribution in [0.2, 0.25) is 10.0 Å². The molecule has 1 aliphatic rings. The van der Waals surface area contributed by atoms with Crippen LogP contribution in [0.4, 0.5) is 0 Å². The van der Waals surface area contributed by atoms with Crippen LogP contribution in [0.3, 0.4) is 0 Å². The van der Waals surface area contributed by atoms with E-state index in [1.165, 1.54) is 0 Å². The SMILES string of the molecule is O=C(NC(c1ccccc1)c1ccc(Cl)c(Cl)c1)C1CCNC1. The van der Waals surface area contributed by atoms with Crippen molar-refractivity contribution in [2.75, 3.05) is 13.1 Å². The molecule has 3 nitrogen and oxygen atoms in total. The van der Waals surface area contributed by atoms with Gasteiger partial charge in [-0.25, -0.2) is 0 Å². The van der Waals surface area contributed by atoms with E-state index in [4.69, 9.17) is 23.2 Å². The lowest BCUT2D eigenvalue weighted by atomic mass is 9.97. The fourth-order valence-electron chi connectivity index (χ4n) is 2.84. The first-order valence-corrected chi connectivity index (χ1v) is 8.42. The van der Waals surface area contributed by atoms with E-state index >= 15 is 0 Å². The highest BCUT2D eigenvalue weighted by Gasteiger charge is 2.26. The van der Waals surface area contributed by atoms with Crippen LogP contribution in [0.15, 0.2) is 48.5 Å². The monoisotopic (exact) mass is 348 g/mol. The standard InChI is InChI=1S/C18H18Cl2N2O/c19-15-7-6-13(10-16(15)20)17(12-4-2-1-3-5-12)22-18(23)14-8-9-21-11-14/h1-7,10,14,17,21H,8-9,11H2,(H,22,23). The molecule has 1 saturated heterocycles. The fourth-order valence-corrected chi connectivity index (χ4v) is 3.14. The first-order chi connectivity index (χ1) is 11.1. The highest BCUT2D eigenvalue weighted by Crippen LogP contribution is 2.29. The Morgan fingerprint density at radius 2 is 1.87 bits per heavy atom. The molecule has 0 spiro atoms. The number of amides is 1. The molecule has 0 bridgehead atoms. The number of hydrogen-bond acceptors (Lipinski definition) is 2. The maximum absolute atomic E-state index is 12.5. The average molecular weight is 349 g/mol. The molecule has 2 N–H and O–H groups in total. The molecule has 0 saturated carbocycles. The number of halogens is 2. The summed E-state index contributed by atoms with van der Waals surface area (Å²) in [4.78, 5) is 12.5. The van der Waals surface area contributed by atoms with Gasteiger partial charge in [-0.15, -0.1) is 0 Å². The van der Waals surface area contributed by atoms with E-state index < -0.39 is 0 Å². The number of nitrogens with one attached hydrogen (secondary N) is 2. The molecule has 1 heterocycles. The molecule has 3 rings (SSSR count). The van der Waals surface area contributed by atoms with E-state index in [-0.39, 0.29) is 17.9 Å². The number of hydrogen-bond donors (Lipinski definition) is 2. The van der Waals surface area contributed by atoms with Crippen LogP contribution in [0.25, 0.3) is 0 Å². The van der Waals surface area contributed by atoms with Crippen molar-refractivity contribution < 1.29 is 4.79 Å². The van der Waals surface area contributed by atoms with Crippen LogP contribution >= 0.6 is 23.2 Å². The summed E-state index contributed by atoms with van der Waals surface area (Å²) in [6.45, 7) is 1.62. The Morgan fingerprint density at radius 3 is 2.52 bits per heavy atom. The minimum Gasteiger partial charge on any atom is -0.345 e. The van der Waals surface area contributed by atoms with Gasteiger partial charge in [0.2, 0.25) is 5.91 Å². The van der Waals surface area contributed by atoms with Crippen molar-refractivity contribution in [2.45, 2.75) is 12.5 Å². The largest absolute Gasteiger partial charge is 0.345 e. The zero-order chi connectivity index (χ0) is 16.2. The van der Waals surface area contributed by atoms with Crippen LogP contribution in [0.1, 0.15) is 23.6 Å². The Morgan fingerprint density at radius 1 is 1.09 bits per heavy atom. The van der Waals surface area contributed by atoms with Crippen LogP contribution in [-0.4, -0.2) is 19.0 Å². The van der Waals surface area contributed by atoms with Crippen molar-refractivity contribution in [3.8, 4) is 0 Å². The second-order valence-electron chi connectivity index (χ2n) is 5.72. The van der Waals surface area contributed by atoms with E-state index in [1.54, 1.807) is 6.07 Å². The lowest BCUT2D eigenvalue weighted by Gasteiger charge is -2.22. The van der Waals surface area contributed by atoms with Crippen molar-refractivity contribution in [3.63, 3.8) is 0 Å². The lowest BCUT2D eigenvalue weighted by Crippen LogP contribution is -2.35. The molecule has 1 fully saturated rings. The Kier molecular flexibility index (Phi) is 5.21. The summed E-state index contributed by atoms with van der Waals surface area (Å²) >= 11 is 12.2. The first-order valence-electron chi connectivity index (χ1n) is 7.66. The Hall–Kier alpha value is -1.55. The summed E-state index contributed by atoms with van der Waals surface area (Å²) in [5.74, 6) is 0.0823. The highest BCUT2D eigenvalue weighted by molar-refractivity contribution is 6.42. The molecule has 23 heavy (non-hydrogen) atoms. The topological polar surface area (TPSA) is 41.1 Å². The molecule has 1 amide bonds. The van der Waals surface area contributed by atoms with Gasteiger partial charge >= 0.3 is 0 Å². The van der Waals surface area contributed by atoms with Gasteiger partial charge in [0.05, 0.1) is 22.0 Å². The maximum atomic E-state index is 12.5. The Balaban J connectivity index is 1.90. The van der Waals surface area contributed by atoms with E-state index in [0.29, 0.717) is 10.0 Å². The second-order valence-corrected chi connectivity index (χ2v) is 6.53. The lowest BCUT2D eigenvalue weighted by molar-refractivity contribution is -0.124. The minimum absolute atomic E-state index is 0.0176. The summed E-state index contributed by atoms with van der Waals surface area (Å²) < 4.78 is 0. The zero-order valence-electron chi connectivity index (χ0n) is 12.6. The Labute approximate surface area is 146 Å². The molecule has 2 unspecified atom stereocenters. The molecule has 0 aliphatic carbocycles. The van der Waals surface area contributed by atoms with E-state index in [1.807, 2.05) is 42.5 Å². The normalized spacial score (nSPS) is 18.6. The third kappa shape index (κ3) is 3.86. The zero-order valence-corrected chi connectivity index (χ0v) is 14.1. The quantitative estimate of drug-likeness (QED) is 0.881. The maximum Gasteiger partial charge on any atom is 0.225 e. The van der Waals surface area contributed by atoms with Crippen molar-refractivity contribution in [3.05, 3.63) is 69.7 Å². The number of rotatable bonds is 4. The third-order valence-corrected chi connectivity index (χ3v) is 4.87. The van der Waals surface area contributed by atoms with Gasteiger partial charge in [-0.3, -0.25) is 4.79 Å². The highest BCUT2D eigenvalue weighted by atomic mass is 35.5. The molecule has 1 aliphatic heterocycles. The minimum atomic E-state index is -0.237. The summed E-state index contributed by atoms with van der Waals surface area (Å²) in [5, 5.41) is 7.38. The summed E-state index contributed by atoms with van der Waals surface area (Å²) in [6, 6.07) is 15.1. The van der Waals surface area contributed by atoms with Crippen LogP contribution in [0.5, 0.6) is 0 Å². The van der Waals surface area contributed by atoms with Crippen molar-refractivity contribution >= 4 is 29.1 Å². The smallest absolute Gasteiger partial charge is 0.225 e. The number of carbonyl (C=O) groups excluding carboxylic acids is 1. The number of carbonyl (C=O) groups is 1. The van der Waals surface area contributed by atoms with Gasteiger partial charge in [0, 0.05) is 6.54 Å². The van der Waals surface area contributed by atoms with Gasteiger partial charge in [-0.1, -0.05) is 59.6 Å². The molecule has 2 aromatic carbocycles. The van der Waals surface area contributed by atoms with E-state index in [9.17, 15) is 4.79 Å². The van der Waals surface area contributed by atoms with Crippen molar-refractivity contribution in [1.82, 2.24) is 10.6 Å². The molecular weight excluding hydrogens is 331 g/mol. The first kappa shape index (κ1) is 16.3. The van der Waals surface area contributed by atoms with Gasteiger partial charge in [0.25, 0.3) is 0 Å². The van der Waals surface area contributed by atoms with Crippen LogP contribution in [0, 0.1) is 5.92 Å². The fraction of sp³-hybridized carbons (Fsp3) is 0.278. The predicted molar refractivity (Wildman–Crippen MR) is 93.9 cm³/mol. The predicted octanol–water partition coefficient (Wildman–Crippen LogP) is 3.81. The summed E-state index contributed by atoms with van der Waals surface area (Å²) in [7, 11) is 0. The molecule has 0 aromatic heterocycles. The van der Waals surface area contributed by atoms with Gasteiger partial charge in [0.1, 0.15) is 0 Å². The van der Waals surface area contributed by atoms with Gasteiger partial charge in [0.15, 0.2) is 0 Å². The van der Waals surface area contributed by atoms with E-state index in [2.05, 4.69) is 10.6 Å². The Bertz CT molecular complexity index is 685. The summed E-state index contributed by atoms with van der Waals surface area (Å²) in [5.41, 5.74) is 1.94.